The van der Waals surface area contributed by atoms with E-state index in [1.54, 1.807) is 0 Å². The Kier molecular flexibility index (Phi) is 15.9. The molecule has 0 amide bonds. The molecule has 0 rings (SSSR count). The van der Waals surface area contributed by atoms with Crippen LogP contribution in [-0.2, 0) is 9.59 Å². The van der Waals surface area contributed by atoms with Gasteiger partial charge in [0.2, 0.25) is 0 Å². The summed E-state index contributed by atoms with van der Waals surface area (Å²) in [4.78, 5) is 18.2. The fourth-order valence-corrected chi connectivity index (χ4v) is 0. The summed E-state index contributed by atoms with van der Waals surface area (Å²) in [5.74, 6) is -3.65. The summed E-state index contributed by atoms with van der Waals surface area (Å²) < 4.78 is 0. The van der Waals surface area contributed by atoms with Crippen molar-refractivity contribution in [2.75, 3.05) is 0 Å². The molecule has 0 aliphatic carbocycles. The van der Waals surface area contributed by atoms with Crippen LogP contribution < -0.4 is 68.9 Å². The molecule has 0 aliphatic heterocycles. The van der Waals surface area contributed by atoms with Gasteiger partial charge < -0.3 is 17.1 Å². The fraction of sp³-hybridized carbons (Fsp3) is 0. The summed E-state index contributed by atoms with van der Waals surface area (Å²) in [5, 5.41) is 14.8. The van der Waals surface area contributed by atoms with Crippen LogP contribution in [0.25, 0.3) is 0 Å². The Morgan fingerprint density at radius 3 is 1.25 bits per heavy atom. The molecule has 0 aromatic rings. The third kappa shape index (κ3) is 10.0. The Balaban J connectivity index is -0.0000000417. The predicted molar refractivity (Wildman–Crippen MR) is 20.0 cm³/mol. The molecule has 0 heterocycles. The Morgan fingerprint density at radius 1 is 1.12 bits per heavy atom. The van der Waals surface area contributed by atoms with Crippen LogP contribution >= 0.6 is 0 Å². The SMILES string of the molecule is O.O=C(O)C(=O)O.[Cs+].[H-]. The third-order valence-electron chi connectivity index (χ3n) is 0.183. The van der Waals surface area contributed by atoms with E-state index >= 15 is 0 Å². The second kappa shape index (κ2) is 7.95. The van der Waals surface area contributed by atoms with E-state index in [0.717, 1.165) is 0 Å². The molecule has 0 aliphatic rings. The molecule has 0 spiro atoms. The maximum absolute atomic E-state index is 9.10. The second-order valence-corrected chi connectivity index (χ2v) is 0.610. The van der Waals surface area contributed by atoms with Crippen LogP contribution in [0.2, 0.25) is 0 Å². The van der Waals surface area contributed by atoms with Gasteiger partial charge in [0.15, 0.2) is 0 Å². The van der Waals surface area contributed by atoms with E-state index in [1.165, 1.54) is 0 Å². The van der Waals surface area contributed by atoms with Gasteiger partial charge in [-0.05, 0) is 0 Å². The molecule has 0 radical (unpaired) electrons. The number of aliphatic carboxylic acids is 2. The topological polar surface area (TPSA) is 106 Å². The first-order valence-electron chi connectivity index (χ1n) is 1.11. The molecule has 0 unspecified atom stereocenters. The normalized spacial score (nSPS) is 5.50. The second-order valence-electron chi connectivity index (χ2n) is 0.610. The van der Waals surface area contributed by atoms with E-state index in [1.807, 2.05) is 0 Å². The maximum Gasteiger partial charge on any atom is 1.00 e. The van der Waals surface area contributed by atoms with Gasteiger partial charge in [0.1, 0.15) is 0 Å². The van der Waals surface area contributed by atoms with E-state index in [4.69, 9.17) is 19.8 Å². The minimum Gasteiger partial charge on any atom is -1.00 e. The zero-order valence-electron chi connectivity index (χ0n) is 5.21. The zero-order valence-corrected chi connectivity index (χ0v) is 10.5. The van der Waals surface area contributed by atoms with Gasteiger partial charge in [0.05, 0.1) is 0 Å². The molecule has 4 N–H and O–H groups in total. The standard InChI is InChI=1S/C2H2O4.Cs.H2O.H/c3-1(4)2(5)6;;;/h(H,3,4)(H,5,6);;1H2;/q;+1;;-1. The van der Waals surface area contributed by atoms with Gasteiger partial charge in [-0.2, -0.15) is 0 Å². The molecule has 0 saturated carbocycles. The van der Waals surface area contributed by atoms with Gasteiger partial charge in [-0.1, -0.05) is 0 Å². The zero-order chi connectivity index (χ0) is 5.15. The summed E-state index contributed by atoms with van der Waals surface area (Å²) in [5.41, 5.74) is 0. The van der Waals surface area contributed by atoms with Crippen molar-refractivity contribution < 1.29 is 95.6 Å². The van der Waals surface area contributed by atoms with Crippen molar-refractivity contribution in [2.45, 2.75) is 0 Å². The Morgan fingerprint density at radius 2 is 1.25 bits per heavy atom. The van der Waals surface area contributed by atoms with Gasteiger partial charge in [0, 0.05) is 0 Å². The number of carboxylic acids is 2. The van der Waals surface area contributed by atoms with Gasteiger partial charge in [0.25, 0.3) is 0 Å². The van der Waals surface area contributed by atoms with Crippen LogP contribution in [0.5, 0.6) is 0 Å². The van der Waals surface area contributed by atoms with Crippen LogP contribution in [0.3, 0.4) is 0 Å². The van der Waals surface area contributed by atoms with Gasteiger partial charge in [-0.25, -0.2) is 9.59 Å². The first kappa shape index (κ1) is 16.0. The molecule has 0 aromatic carbocycles. The number of carboxylic acid groups (broad SMARTS) is 2. The maximum atomic E-state index is 9.10. The van der Waals surface area contributed by atoms with E-state index < -0.39 is 11.9 Å². The first-order chi connectivity index (χ1) is 2.64. The van der Waals surface area contributed by atoms with Gasteiger partial charge in [-0.15, -0.1) is 0 Å². The largest absolute Gasteiger partial charge is 1.00 e. The van der Waals surface area contributed by atoms with Gasteiger partial charge >= 0.3 is 80.8 Å². The van der Waals surface area contributed by atoms with Crippen LogP contribution in [0.4, 0.5) is 0 Å². The van der Waals surface area contributed by atoms with E-state index in [-0.39, 0.29) is 75.8 Å². The minimum absolute atomic E-state index is 0. The van der Waals surface area contributed by atoms with Crippen molar-refractivity contribution in [1.29, 1.82) is 0 Å². The molecule has 0 saturated heterocycles. The number of rotatable bonds is 0. The van der Waals surface area contributed by atoms with Crippen molar-refractivity contribution in [1.82, 2.24) is 0 Å². The summed E-state index contributed by atoms with van der Waals surface area (Å²) in [6.45, 7) is 0. The third-order valence-corrected chi connectivity index (χ3v) is 0.183. The summed E-state index contributed by atoms with van der Waals surface area (Å²) in [6, 6.07) is 0. The van der Waals surface area contributed by atoms with Crippen LogP contribution in [0.1, 0.15) is 1.43 Å². The molecular formula is C2H5CsO5. The summed E-state index contributed by atoms with van der Waals surface area (Å²) in [6.07, 6.45) is 0. The van der Waals surface area contributed by atoms with Crippen LogP contribution in [-0.4, -0.2) is 27.6 Å². The summed E-state index contributed by atoms with van der Waals surface area (Å²) >= 11 is 0. The van der Waals surface area contributed by atoms with Gasteiger partial charge in [-0.3, -0.25) is 0 Å². The van der Waals surface area contributed by atoms with Crippen molar-refractivity contribution in [3.05, 3.63) is 0 Å². The minimum atomic E-state index is -1.82. The van der Waals surface area contributed by atoms with Crippen molar-refractivity contribution in [3.8, 4) is 0 Å². The van der Waals surface area contributed by atoms with Crippen molar-refractivity contribution >= 4 is 11.9 Å². The molecule has 6 heteroatoms. The monoisotopic (exact) mass is 242 g/mol. The van der Waals surface area contributed by atoms with E-state index in [2.05, 4.69) is 0 Å². The smallest absolute Gasteiger partial charge is 1.00 e. The Bertz CT molecular complexity index is 81.0. The molecule has 5 nitrogen and oxygen atoms in total. The molecule has 8 heavy (non-hydrogen) atoms. The Labute approximate surface area is 105 Å². The number of hydrogen-bond acceptors (Lipinski definition) is 2. The van der Waals surface area contributed by atoms with Crippen LogP contribution in [0.15, 0.2) is 0 Å². The molecule has 0 atom stereocenters. The first-order valence-corrected chi connectivity index (χ1v) is 1.11. The predicted octanol–water partition coefficient (Wildman–Crippen LogP) is -4.55. The average molecular weight is 242 g/mol. The molecule has 0 aromatic heterocycles. The quantitative estimate of drug-likeness (QED) is 0.417. The average Bonchev–Trinajstić information content (AvgIpc) is 1.36. The summed E-state index contributed by atoms with van der Waals surface area (Å²) in [7, 11) is 0. The molecular weight excluding hydrogens is 237 g/mol. The fourth-order valence-electron chi connectivity index (χ4n) is 0. The van der Waals surface area contributed by atoms with Crippen LogP contribution in [0, 0.1) is 0 Å². The van der Waals surface area contributed by atoms with Crippen molar-refractivity contribution in [2.24, 2.45) is 0 Å². The Hall–Kier alpha value is 0.952. The van der Waals surface area contributed by atoms with Crippen molar-refractivity contribution in [3.63, 3.8) is 0 Å². The molecule has 0 bridgehead atoms. The van der Waals surface area contributed by atoms with E-state index in [0.29, 0.717) is 0 Å². The molecule has 44 valence electrons. The number of carbonyl (C=O) groups is 2. The number of hydrogen-bond donors (Lipinski definition) is 2. The van der Waals surface area contributed by atoms with E-state index in [9.17, 15) is 0 Å². The molecule has 0 fully saturated rings.